The van der Waals surface area contributed by atoms with Gasteiger partial charge in [-0.15, -0.1) is 0 Å². The maximum Gasteiger partial charge on any atom is 0.219 e. The number of fused-ring (bicyclic) bond motifs is 1. The summed E-state index contributed by atoms with van der Waals surface area (Å²) in [7, 11) is 3.21. The number of carbonyl (C=O) groups excluding carboxylic acids is 2. The molecule has 0 fully saturated rings. The van der Waals surface area contributed by atoms with E-state index in [4.69, 9.17) is 4.74 Å². The van der Waals surface area contributed by atoms with Crippen molar-refractivity contribution in [3.63, 3.8) is 0 Å². The van der Waals surface area contributed by atoms with Gasteiger partial charge in [-0.2, -0.15) is 0 Å². The molecule has 2 rings (SSSR count). The largest absolute Gasteiger partial charge is 0.497 e. The molecule has 0 aliphatic heterocycles. The average Bonchev–Trinajstić information content (AvgIpc) is 2.87. The van der Waals surface area contributed by atoms with Gasteiger partial charge in [0.2, 0.25) is 5.91 Å². The normalized spacial score (nSPS) is 12.2. The molecule has 5 heteroatoms. The minimum absolute atomic E-state index is 0.0848. The number of ether oxygens (including phenoxy) is 1. The molecule has 0 N–H and O–H groups in total. The Balaban J connectivity index is 2.42. The van der Waals surface area contributed by atoms with Crippen LogP contribution in [0.3, 0.4) is 0 Å². The van der Waals surface area contributed by atoms with Crippen LogP contribution in [0.1, 0.15) is 24.2 Å². The Morgan fingerprint density at radius 2 is 1.95 bits per heavy atom. The third-order valence-electron chi connectivity index (χ3n) is 3.59. The molecule has 1 unspecified atom stereocenters. The summed E-state index contributed by atoms with van der Waals surface area (Å²) >= 11 is 0. The second-order valence-corrected chi connectivity index (χ2v) is 4.76. The molecule has 1 amide bonds. The number of rotatable bonds is 4. The molecular weight excluding hydrogens is 256 g/mol. The Hall–Kier alpha value is -2.30. The standard InChI is InChI=1S/C15H18N2O3/c1-10(16(3)11(2)18)15(19)13-6-8-17-7-5-12(20-4)9-14(13)17/h5-10H,1-4H3. The Morgan fingerprint density at radius 1 is 1.30 bits per heavy atom. The van der Waals surface area contributed by atoms with Gasteiger partial charge in [0.1, 0.15) is 5.75 Å². The highest BCUT2D eigenvalue weighted by molar-refractivity contribution is 6.06. The SMILES string of the molecule is COc1ccn2ccc(C(=O)C(C)N(C)C(C)=O)c2c1. The number of amides is 1. The molecule has 0 spiro atoms. The highest BCUT2D eigenvalue weighted by atomic mass is 16.5. The van der Waals surface area contributed by atoms with Gasteiger partial charge in [0.25, 0.3) is 0 Å². The van der Waals surface area contributed by atoms with Crippen LogP contribution in [-0.2, 0) is 4.79 Å². The van der Waals surface area contributed by atoms with Crippen LogP contribution in [-0.4, -0.2) is 41.2 Å². The van der Waals surface area contributed by atoms with E-state index in [1.807, 2.05) is 28.9 Å². The van der Waals surface area contributed by atoms with E-state index in [9.17, 15) is 9.59 Å². The van der Waals surface area contributed by atoms with Crippen LogP contribution in [0.25, 0.3) is 5.52 Å². The van der Waals surface area contributed by atoms with Crippen LogP contribution < -0.4 is 4.74 Å². The molecule has 2 heterocycles. The van der Waals surface area contributed by atoms with Crippen molar-refractivity contribution in [2.75, 3.05) is 14.2 Å². The molecule has 106 valence electrons. The fourth-order valence-corrected chi connectivity index (χ4v) is 2.09. The molecule has 0 aliphatic rings. The van der Waals surface area contributed by atoms with Crippen molar-refractivity contribution >= 4 is 17.2 Å². The molecule has 5 nitrogen and oxygen atoms in total. The fourth-order valence-electron chi connectivity index (χ4n) is 2.09. The van der Waals surface area contributed by atoms with Gasteiger partial charge >= 0.3 is 0 Å². The highest BCUT2D eigenvalue weighted by Gasteiger charge is 2.23. The first-order valence-corrected chi connectivity index (χ1v) is 6.38. The number of Topliss-reactive ketones (excluding diaryl/α,β-unsaturated/α-hetero) is 1. The third kappa shape index (κ3) is 2.39. The summed E-state index contributed by atoms with van der Waals surface area (Å²) in [5.74, 6) is 0.475. The summed E-state index contributed by atoms with van der Waals surface area (Å²) in [4.78, 5) is 25.3. The van der Waals surface area contributed by atoms with Gasteiger partial charge in [-0.3, -0.25) is 9.59 Å². The van der Waals surface area contributed by atoms with E-state index in [1.165, 1.54) is 11.8 Å². The zero-order chi connectivity index (χ0) is 14.9. The van der Waals surface area contributed by atoms with Gasteiger partial charge < -0.3 is 14.0 Å². The molecule has 2 aromatic heterocycles. The molecule has 0 aromatic carbocycles. The van der Waals surface area contributed by atoms with Crippen LogP contribution in [0.15, 0.2) is 30.6 Å². The van der Waals surface area contributed by atoms with Crippen LogP contribution in [0, 0.1) is 0 Å². The maximum atomic E-state index is 12.5. The second-order valence-electron chi connectivity index (χ2n) is 4.76. The lowest BCUT2D eigenvalue weighted by Gasteiger charge is -2.22. The van der Waals surface area contributed by atoms with E-state index < -0.39 is 6.04 Å². The van der Waals surface area contributed by atoms with E-state index in [0.29, 0.717) is 11.3 Å². The van der Waals surface area contributed by atoms with Gasteiger partial charge in [0.05, 0.1) is 18.7 Å². The van der Waals surface area contributed by atoms with E-state index in [1.54, 1.807) is 27.1 Å². The highest BCUT2D eigenvalue weighted by Crippen LogP contribution is 2.21. The van der Waals surface area contributed by atoms with Gasteiger partial charge in [-0.25, -0.2) is 0 Å². The van der Waals surface area contributed by atoms with E-state index in [0.717, 1.165) is 5.52 Å². The first kappa shape index (κ1) is 14.1. The van der Waals surface area contributed by atoms with Crippen LogP contribution in [0.2, 0.25) is 0 Å². The molecule has 0 bridgehead atoms. The lowest BCUT2D eigenvalue weighted by molar-refractivity contribution is -0.128. The Morgan fingerprint density at radius 3 is 2.55 bits per heavy atom. The zero-order valence-electron chi connectivity index (χ0n) is 12.1. The van der Waals surface area contributed by atoms with Crippen molar-refractivity contribution in [3.8, 4) is 5.75 Å². The van der Waals surface area contributed by atoms with E-state index in [2.05, 4.69) is 0 Å². The van der Waals surface area contributed by atoms with Gasteiger partial charge in [0, 0.05) is 38.0 Å². The lowest BCUT2D eigenvalue weighted by atomic mass is 10.1. The van der Waals surface area contributed by atoms with Gasteiger partial charge in [-0.05, 0) is 19.1 Å². The van der Waals surface area contributed by atoms with Crippen molar-refractivity contribution in [1.82, 2.24) is 9.30 Å². The van der Waals surface area contributed by atoms with Gasteiger partial charge in [0.15, 0.2) is 5.78 Å². The minimum atomic E-state index is -0.495. The number of pyridine rings is 1. The summed E-state index contributed by atoms with van der Waals surface area (Å²) in [6, 6.07) is 4.91. The summed E-state index contributed by atoms with van der Waals surface area (Å²) in [5.41, 5.74) is 1.36. The van der Waals surface area contributed by atoms with E-state index >= 15 is 0 Å². The van der Waals surface area contributed by atoms with Gasteiger partial charge in [-0.1, -0.05) is 0 Å². The number of hydrogen-bond acceptors (Lipinski definition) is 3. The quantitative estimate of drug-likeness (QED) is 0.801. The summed E-state index contributed by atoms with van der Waals surface area (Å²) < 4.78 is 7.04. The second kappa shape index (κ2) is 5.36. The topological polar surface area (TPSA) is 51.0 Å². The number of aromatic nitrogens is 1. The molecular formula is C15H18N2O3. The number of likely N-dealkylation sites (N-methyl/N-ethyl adjacent to an activating group) is 1. The Bertz CT molecular complexity index is 660. The van der Waals surface area contributed by atoms with Crippen molar-refractivity contribution in [3.05, 3.63) is 36.2 Å². The van der Waals surface area contributed by atoms with Crippen LogP contribution in [0.5, 0.6) is 5.75 Å². The average molecular weight is 274 g/mol. The first-order valence-electron chi connectivity index (χ1n) is 6.38. The molecule has 0 aliphatic carbocycles. The molecule has 1 atom stereocenters. The minimum Gasteiger partial charge on any atom is -0.497 e. The molecule has 0 saturated heterocycles. The smallest absolute Gasteiger partial charge is 0.219 e. The number of ketones is 1. The Labute approximate surface area is 117 Å². The van der Waals surface area contributed by atoms with Crippen molar-refractivity contribution in [2.24, 2.45) is 0 Å². The van der Waals surface area contributed by atoms with Crippen LogP contribution >= 0.6 is 0 Å². The van der Waals surface area contributed by atoms with Crippen molar-refractivity contribution in [1.29, 1.82) is 0 Å². The number of hydrogen-bond donors (Lipinski definition) is 0. The summed E-state index contributed by atoms with van der Waals surface area (Å²) in [6.45, 7) is 3.18. The molecule has 2 aromatic rings. The molecule has 0 saturated carbocycles. The number of methoxy groups -OCH3 is 1. The number of nitrogens with zero attached hydrogens (tertiary/aromatic N) is 2. The number of carbonyl (C=O) groups is 2. The zero-order valence-corrected chi connectivity index (χ0v) is 12.1. The predicted molar refractivity (Wildman–Crippen MR) is 76.2 cm³/mol. The van der Waals surface area contributed by atoms with Crippen molar-refractivity contribution in [2.45, 2.75) is 19.9 Å². The first-order chi connectivity index (χ1) is 9.45. The molecule has 0 radical (unpaired) electrons. The molecule has 20 heavy (non-hydrogen) atoms. The summed E-state index contributed by atoms with van der Waals surface area (Å²) in [5, 5.41) is 0. The lowest BCUT2D eigenvalue weighted by Crippen LogP contribution is -2.39. The monoisotopic (exact) mass is 274 g/mol. The Kier molecular flexibility index (Phi) is 3.79. The predicted octanol–water partition coefficient (Wildman–Crippen LogP) is 2.00. The van der Waals surface area contributed by atoms with Crippen LogP contribution in [0.4, 0.5) is 0 Å². The fraction of sp³-hybridized carbons (Fsp3) is 0.333. The third-order valence-corrected chi connectivity index (χ3v) is 3.59. The van der Waals surface area contributed by atoms with Crippen molar-refractivity contribution < 1.29 is 14.3 Å². The maximum absolute atomic E-state index is 12.5. The summed E-state index contributed by atoms with van der Waals surface area (Å²) in [6.07, 6.45) is 3.66. The van der Waals surface area contributed by atoms with E-state index in [-0.39, 0.29) is 11.7 Å².